The first-order valence-electron chi connectivity index (χ1n) is 5.63. The predicted octanol–water partition coefficient (Wildman–Crippen LogP) is 2.59. The van der Waals surface area contributed by atoms with E-state index in [4.69, 9.17) is 9.47 Å². The molecule has 1 heterocycles. The van der Waals surface area contributed by atoms with E-state index in [1.807, 2.05) is 24.3 Å². The van der Waals surface area contributed by atoms with Crippen LogP contribution in [-0.4, -0.2) is 19.0 Å². The van der Waals surface area contributed by atoms with Crippen molar-refractivity contribution in [3.8, 4) is 6.07 Å². The number of ether oxygens (including phenoxy) is 2. The summed E-state index contributed by atoms with van der Waals surface area (Å²) in [7, 11) is 0. The van der Waals surface area contributed by atoms with Crippen molar-refractivity contribution in [2.45, 2.75) is 24.0 Å². The Hall–Kier alpha value is -0.640. The molecular formula is C13H12INO2. The third-order valence-corrected chi connectivity index (χ3v) is 4.29. The van der Waals surface area contributed by atoms with Gasteiger partial charge in [-0.2, -0.15) is 5.26 Å². The molecule has 1 saturated carbocycles. The second kappa shape index (κ2) is 3.94. The van der Waals surface area contributed by atoms with E-state index in [1.165, 1.54) is 3.57 Å². The fraction of sp³-hybridized carbons (Fsp3) is 0.462. The van der Waals surface area contributed by atoms with Crippen LogP contribution in [0.1, 0.15) is 18.4 Å². The summed E-state index contributed by atoms with van der Waals surface area (Å²) in [5.41, 5.74) is 0.652. The summed E-state index contributed by atoms with van der Waals surface area (Å²) in [4.78, 5) is 0. The maximum absolute atomic E-state index is 9.44. The number of rotatable bonds is 1. The highest BCUT2D eigenvalue weighted by Gasteiger charge is 2.59. The second-order valence-corrected chi connectivity index (χ2v) is 5.91. The van der Waals surface area contributed by atoms with E-state index in [2.05, 4.69) is 28.7 Å². The van der Waals surface area contributed by atoms with Crippen LogP contribution >= 0.6 is 22.6 Å². The summed E-state index contributed by atoms with van der Waals surface area (Å²) in [6, 6.07) is 10.6. The molecule has 1 saturated heterocycles. The first kappa shape index (κ1) is 11.5. The highest BCUT2D eigenvalue weighted by molar-refractivity contribution is 14.1. The van der Waals surface area contributed by atoms with Crippen LogP contribution in [0.2, 0.25) is 0 Å². The van der Waals surface area contributed by atoms with E-state index in [0.29, 0.717) is 26.1 Å². The van der Waals surface area contributed by atoms with Crippen molar-refractivity contribution in [3.05, 3.63) is 33.4 Å². The molecule has 1 aliphatic carbocycles. The van der Waals surface area contributed by atoms with Gasteiger partial charge < -0.3 is 9.47 Å². The molecule has 0 radical (unpaired) electrons. The van der Waals surface area contributed by atoms with Crippen molar-refractivity contribution in [3.63, 3.8) is 0 Å². The summed E-state index contributed by atoms with van der Waals surface area (Å²) in [5.74, 6) is -0.473. The molecule has 0 atom stereocenters. The Kier molecular flexibility index (Phi) is 2.65. The predicted molar refractivity (Wildman–Crippen MR) is 70.3 cm³/mol. The molecule has 17 heavy (non-hydrogen) atoms. The van der Waals surface area contributed by atoms with Crippen LogP contribution in [0.5, 0.6) is 0 Å². The molecule has 88 valence electrons. The van der Waals surface area contributed by atoms with Crippen molar-refractivity contribution in [2.75, 3.05) is 13.2 Å². The van der Waals surface area contributed by atoms with E-state index >= 15 is 0 Å². The van der Waals surface area contributed by atoms with Gasteiger partial charge in [-0.25, -0.2) is 0 Å². The topological polar surface area (TPSA) is 42.2 Å². The van der Waals surface area contributed by atoms with E-state index in [9.17, 15) is 5.26 Å². The number of nitrogens with zero attached hydrogens (tertiary/aromatic N) is 1. The summed E-state index contributed by atoms with van der Waals surface area (Å²) < 4.78 is 12.4. The Labute approximate surface area is 114 Å². The Morgan fingerprint density at radius 1 is 1.12 bits per heavy atom. The van der Waals surface area contributed by atoms with Gasteiger partial charge >= 0.3 is 0 Å². The maximum Gasteiger partial charge on any atom is 0.172 e. The lowest BCUT2D eigenvalue weighted by molar-refractivity contribution is -0.229. The van der Waals surface area contributed by atoms with Gasteiger partial charge in [0.15, 0.2) is 5.79 Å². The summed E-state index contributed by atoms with van der Waals surface area (Å²) >= 11 is 2.27. The van der Waals surface area contributed by atoms with Gasteiger partial charge in [-0.3, -0.25) is 0 Å². The number of hydrogen-bond acceptors (Lipinski definition) is 3. The molecule has 0 N–H and O–H groups in total. The largest absolute Gasteiger partial charge is 0.347 e. The normalized spacial score (nSPS) is 24.2. The van der Waals surface area contributed by atoms with Crippen LogP contribution in [0.25, 0.3) is 0 Å². The molecule has 1 aromatic carbocycles. The van der Waals surface area contributed by atoms with Crippen molar-refractivity contribution in [1.29, 1.82) is 5.26 Å². The molecule has 0 unspecified atom stereocenters. The Balaban J connectivity index is 1.86. The van der Waals surface area contributed by atoms with Crippen LogP contribution in [0.15, 0.2) is 24.3 Å². The molecular weight excluding hydrogens is 329 g/mol. The zero-order valence-electron chi connectivity index (χ0n) is 9.28. The van der Waals surface area contributed by atoms with Crippen LogP contribution in [0.3, 0.4) is 0 Å². The van der Waals surface area contributed by atoms with E-state index < -0.39 is 11.2 Å². The standard InChI is InChI=1S/C13H12INO2/c14-11-3-1-10(2-4-11)12(9-15)7-13(8-12)16-5-6-17-13/h1-4H,5-8H2. The van der Waals surface area contributed by atoms with E-state index in [0.717, 1.165) is 5.56 Å². The fourth-order valence-corrected chi connectivity index (χ4v) is 3.05. The average Bonchev–Trinajstić information content (AvgIpc) is 2.76. The molecule has 3 rings (SSSR count). The smallest absolute Gasteiger partial charge is 0.172 e. The Bertz CT molecular complexity index is 463. The molecule has 0 bridgehead atoms. The summed E-state index contributed by atoms with van der Waals surface area (Å²) in [6.07, 6.45) is 1.30. The third-order valence-electron chi connectivity index (χ3n) is 3.57. The lowest BCUT2D eigenvalue weighted by atomic mass is 9.61. The lowest BCUT2D eigenvalue weighted by Gasteiger charge is -2.48. The lowest BCUT2D eigenvalue weighted by Crippen LogP contribution is -2.54. The van der Waals surface area contributed by atoms with Gasteiger partial charge in [0, 0.05) is 16.4 Å². The average molecular weight is 341 g/mol. The SMILES string of the molecule is N#CC1(c2ccc(I)cc2)CC2(C1)OCCO2. The van der Waals surface area contributed by atoms with E-state index in [1.54, 1.807) is 0 Å². The van der Waals surface area contributed by atoms with Crippen molar-refractivity contribution in [1.82, 2.24) is 0 Å². The zero-order chi connectivity index (χ0) is 11.9. The molecule has 1 aromatic rings. The highest BCUT2D eigenvalue weighted by Crippen LogP contribution is 2.53. The quantitative estimate of drug-likeness (QED) is 0.738. The molecule has 0 aromatic heterocycles. The Morgan fingerprint density at radius 3 is 2.24 bits per heavy atom. The molecule has 4 heteroatoms. The van der Waals surface area contributed by atoms with Gasteiger partial charge in [0.05, 0.1) is 24.7 Å². The zero-order valence-corrected chi connectivity index (χ0v) is 11.4. The Morgan fingerprint density at radius 2 is 1.71 bits per heavy atom. The number of hydrogen-bond donors (Lipinski definition) is 0. The molecule has 3 nitrogen and oxygen atoms in total. The molecule has 2 aliphatic rings. The van der Waals surface area contributed by atoms with Crippen LogP contribution < -0.4 is 0 Å². The summed E-state index contributed by atoms with van der Waals surface area (Å²) in [5, 5.41) is 9.44. The number of nitriles is 1. The monoisotopic (exact) mass is 341 g/mol. The van der Waals surface area contributed by atoms with Gasteiger partial charge in [-0.05, 0) is 40.3 Å². The van der Waals surface area contributed by atoms with E-state index in [-0.39, 0.29) is 0 Å². The minimum atomic E-state index is -0.473. The van der Waals surface area contributed by atoms with Gasteiger partial charge in [0.25, 0.3) is 0 Å². The molecule has 0 amide bonds. The molecule has 1 spiro atoms. The van der Waals surface area contributed by atoms with Crippen molar-refractivity contribution in [2.24, 2.45) is 0 Å². The van der Waals surface area contributed by atoms with Crippen LogP contribution in [0.4, 0.5) is 0 Å². The van der Waals surface area contributed by atoms with Gasteiger partial charge in [-0.15, -0.1) is 0 Å². The number of halogens is 1. The van der Waals surface area contributed by atoms with Gasteiger partial charge in [-0.1, -0.05) is 12.1 Å². The minimum absolute atomic E-state index is 0.422. The van der Waals surface area contributed by atoms with Crippen molar-refractivity contribution >= 4 is 22.6 Å². The van der Waals surface area contributed by atoms with Gasteiger partial charge in [0.2, 0.25) is 0 Å². The fourth-order valence-electron chi connectivity index (χ4n) is 2.69. The highest BCUT2D eigenvalue weighted by atomic mass is 127. The first-order valence-corrected chi connectivity index (χ1v) is 6.71. The third kappa shape index (κ3) is 1.77. The van der Waals surface area contributed by atoms with Crippen LogP contribution in [0, 0.1) is 14.9 Å². The minimum Gasteiger partial charge on any atom is -0.347 e. The van der Waals surface area contributed by atoms with Gasteiger partial charge in [0.1, 0.15) is 0 Å². The maximum atomic E-state index is 9.44. The summed E-state index contributed by atoms with van der Waals surface area (Å²) in [6.45, 7) is 1.29. The molecule has 1 aliphatic heterocycles. The van der Waals surface area contributed by atoms with Crippen LogP contribution in [-0.2, 0) is 14.9 Å². The molecule has 2 fully saturated rings. The van der Waals surface area contributed by atoms with Crippen molar-refractivity contribution < 1.29 is 9.47 Å². The first-order chi connectivity index (χ1) is 8.18. The second-order valence-electron chi connectivity index (χ2n) is 4.66. The number of benzene rings is 1.